The molecule has 0 amide bonds. The Morgan fingerprint density at radius 3 is 2.11 bits per heavy atom. The van der Waals surface area contributed by atoms with Crippen LogP contribution in [-0.2, 0) is 6.42 Å². The van der Waals surface area contributed by atoms with Crippen LogP contribution in [0.15, 0.2) is 4.47 Å². The second-order valence-corrected chi connectivity index (χ2v) is 5.15. The Hall–Kier alpha value is -0.740. The van der Waals surface area contributed by atoms with Crippen LogP contribution < -0.4 is 15.2 Å². The molecule has 0 saturated carbocycles. The molecule has 0 saturated heterocycles. The fourth-order valence-electron chi connectivity index (χ4n) is 2.20. The second-order valence-electron chi connectivity index (χ2n) is 4.35. The van der Waals surface area contributed by atoms with Crippen molar-refractivity contribution in [3.05, 3.63) is 21.2 Å². The first kappa shape index (κ1) is 15.3. The van der Waals surface area contributed by atoms with Crippen LogP contribution in [0.2, 0.25) is 0 Å². The van der Waals surface area contributed by atoms with Crippen LogP contribution >= 0.6 is 15.9 Å². The average Bonchev–Trinajstić information content (AvgIpc) is 2.38. The molecule has 1 aromatic rings. The fourth-order valence-corrected chi connectivity index (χ4v) is 2.62. The van der Waals surface area contributed by atoms with E-state index in [9.17, 15) is 0 Å². The highest BCUT2D eigenvalue weighted by Gasteiger charge is 2.19. The van der Waals surface area contributed by atoms with Gasteiger partial charge < -0.3 is 15.2 Å². The van der Waals surface area contributed by atoms with Gasteiger partial charge in [0, 0.05) is 15.6 Å². The topological polar surface area (TPSA) is 44.5 Å². The largest absolute Gasteiger partial charge is 0.493 e. The van der Waals surface area contributed by atoms with Crippen molar-refractivity contribution in [2.24, 2.45) is 5.73 Å². The summed E-state index contributed by atoms with van der Waals surface area (Å²) in [7, 11) is 3.37. The summed E-state index contributed by atoms with van der Waals surface area (Å²) in [6, 6.07) is 0. The molecule has 0 atom stereocenters. The Kier molecular flexibility index (Phi) is 5.96. The van der Waals surface area contributed by atoms with Gasteiger partial charge in [-0.05, 0) is 45.2 Å². The number of halogens is 1. The lowest BCUT2D eigenvalue weighted by Gasteiger charge is -2.19. The average molecular weight is 316 g/mol. The molecule has 1 aromatic carbocycles. The molecule has 0 aromatic heterocycles. The van der Waals surface area contributed by atoms with Crippen molar-refractivity contribution in [2.75, 3.05) is 20.8 Å². The summed E-state index contributed by atoms with van der Waals surface area (Å²) < 4.78 is 12.1. The van der Waals surface area contributed by atoms with Crippen LogP contribution in [0, 0.1) is 13.8 Å². The lowest BCUT2D eigenvalue weighted by Crippen LogP contribution is -2.04. The van der Waals surface area contributed by atoms with Crippen molar-refractivity contribution in [1.29, 1.82) is 0 Å². The first-order valence-electron chi connectivity index (χ1n) is 6.18. The third-order valence-electron chi connectivity index (χ3n) is 3.22. The van der Waals surface area contributed by atoms with E-state index in [0.717, 1.165) is 47.3 Å². The van der Waals surface area contributed by atoms with Crippen molar-refractivity contribution < 1.29 is 9.47 Å². The van der Waals surface area contributed by atoms with Crippen molar-refractivity contribution in [3.8, 4) is 11.5 Å². The van der Waals surface area contributed by atoms with Gasteiger partial charge in [-0.3, -0.25) is 0 Å². The number of hydrogen-bond donors (Lipinski definition) is 1. The van der Waals surface area contributed by atoms with Crippen LogP contribution in [0.1, 0.15) is 29.5 Å². The molecular formula is C14H22BrNO2. The van der Waals surface area contributed by atoms with Gasteiger partial charge in [-0.2, -0.15) is 0 Å². The zero-order valence-corrected chi connectivity index (χ0v) is 13.2. The standard InChI is InChI=1S/C14H22BrNO2/c1-9-11(7-5-6-8-16)14(18-4)13(17-3)10(2)12(9)15/h5-8,16H2,1-4H3. The zero-order chi connectivity index (χ0) is 13.7. The Morgan fingerprint density at radius 2 is 1.61 bits per heavy atom. The van der Waals surface area contributed by atoms with Crippen LogP contribution in [0.3, 0.4) is 0 Å². The van der Waals surface area contributed by atoms with E-state index in [1.54, 1.807) is 14.2 Å². The number of hydrogen-bond acceptors (Lipinski definition) is 3. The smallest absolute Gasteiger partial charge is 0.165 e. The van der Waals surface area contributed by atoms with Crippen molar-refractivity contribution in [1.82, 2.24) is 0 Å². The number of rotatable bonds is 6. The van der Waals surface area contributed by atoms with Crippen molar-refractivity contribution in [2.45, 2.75) is 33.1 Å². The normalized spacial score (nSPS) is 10.6. The number of benzene rings is 1. The summed E-state index contributed by atoms with van der Waals surface area (Å²) in [5.74, 6) is 1.67. The van der Waals surface area contributed by atoms with Gasteiger partial charge in [0.2, 0.25) is 0 Å². The molecule has 18 heavy (non-hydrogen) atoms. The molecule has 0 fully saturated rings. The molecule has 0 bridgehead atoms. The monoisotopic (exact) mass is 315 g/mol. The Balaban J connectivity index is 3.25. The van der Waals surface area contributed by atoms with Crippen LogP contribution in [0.5, 0.6) is 11.5 Å². The third kappa shape index (κ3) is 2.98. The first-order chi connectivity index (χ1) is 8.58. The molecular weight excluding hydrogens is 294 g/mol. The highest BCUT2D eigenvalue weighted by Crippen LogP contribution is 2.42. The minimum absolute atomic E-state index is 0.728. The van der Waals surface area contributed by atoms with Gasteiger partial charge in [-0.1, -0.05) is 15.9 Å². The highest BCUT2D eigenvalue weighted by atomic mass is 79.9. The van der Waals surface area contributed by atoms with E-state index in [0.29, 0.717) is 0 Å². The molecule has 0 aliphatic carbocycles. The SMILES string of the molecule is COc1c(C)c(Br)c(C)c(CCCCN)c1OC. The minimum atomic E-state index is 0.728. The third-order valence-corrected chi connectivity index (χ3v) is 4.41. The number of ether oxygens (including phenoxy) is 2. The summed E-state index contributed by atoms with van der Waals surface area (Å²) in [4.78, 5) is 0. The van der Waals surface area contributed by atoms with Gasteiger partial charge in [0.25, 0.3) is 0 Å². The van der Waals surface area contributed by atoms with Crippen LogP contribution in [-0.4, -0.2) is 20.8 Å². The van der Waals surface area contributed by atoms with Gasteiger partial charge in [0.1, 0.15) is 0 Å². The van der Waals surface area contributed by atoms with Crippen LogP contribution in [0.4, 0.5) is 0 Å². The zero-order valence-electron chi connectivity index (χ0n) is 11.6. The maximum atomic E-state index is 5.55. The quantitative estimate of drug-likeness (QED) is 0.819. The minimum Gasteiger partial charge on any atom is -0.493 e. The van der Waals surface area contributed by atoms with Gasteiger partial charge in [0.15, 0.2) is 11.5 Å². The first-order valence-corrected chi connectivity index (χ1v) is 6.97. The molecule has 3 nitrogen and oxygen atoms in total. The molecule has 0 aliphatic heterocycles. The fraction of sp³-hybridized carbons (Fsp3) is 0.571. The predicted molar refractivity (Wildman–Crippen MR) is 78.7 cm³/mol. The molecule has 0 heterocycles. The molecule has 0 aliphatic rings. The number of nitrogens with two attached hydrogens (primary N) is 1. The second kappa shape index (κ2) is 7.00. The molecule has 0 spiro atoms. The maximum Gasteiger partial charge on any atom is 0.165 e. The maximum absolute atomic E-state index is 5.55. The molecule has 1 rings (SSSR count). The van der Waals surface area contributed by atoms with E-state index in [2.05, 4.69) is 22.9 Å². The number of methoxy groups -OCH3 is 2. The van der Waals surface area contributed by atoms with E-state index in [1.807, 2.05) is 6.92 Å². The Morgan fingerprint density at radius 1 is 1.00 bits per heavy atom. The van der Waals surface area contributed by atoms with E-state index in [4.69, 9.17) is 15.2 Å². The summed E-state index contributed by atoms with van der Waals surface area (Å²) >= 11 is 3.63. The van der Waals surface area contributed by atoms with Gasteiger partial charge >= 0.3 is 0 Å². The van der Waals surface area contributed by atoms with Crippen molar-refractivity contribution in [3.63, 3.8) is 0 Å². The summed E-state index contributed by atoms with van der Waals surface area (Å²) in [5.41, 5.74) is 9.06. The lowest BCUT2D eigenvalue weighted by atomic mass is 9.98. The van der Waals surface area contributed by atoms with Gasteiger partial charge in [0.05, 0.1) is 14.2 Å². The molecule has 4 heteroatoms. The molecule has 2 N–H and O–H groups in total. The molecule has 102 valence electrons. The summed E-state index contributed by atoms with van der Waals surface area (Å²) in [5, 5.41) is 0. The van der Waals surface area contributed by atoms with E-state index in [-0.39, 0.29) is 0 Å². The molecule has 0 radical (unpaired) electrons. The highest BCUT2D eigenvalue weighted by molar-refractivity contribution is 9.10. The van der Waals surface area contributed by atoms with Crippen LogP contribution in [0.25, 0.3) is 0 Å². The summed E-state index contributed by atoms with van der Waals surface area (Å²) in [6.07, 6.45) is 3.05. The Labute approximate surface area is 118 Å². The molecule has 0 unspecified atom stereocenters. The van der Waals surface area contributed by atoms with Gasteiger partial charge in [-0.25, -0.2) is 0 Å². The van der Waals surface area contributed by atoms with E-state index < -0.39 is 0 Å². The van der Waals surface area contributed by atoms with Gasteiger partial charge in [-0.15, -0.1) is 0 Å². The van der Waals surface area contributed by atoms with E-state index >= 15 is 0 Å². The number of unbranched alkanes of at least 4 members (excludes halogenated alkanes) is 1. The predicted octanol–water partition coefficient (Wildman–Crippen LogP) is 3.36. The Bertz CT molecular complexity index is 419. The lowest BCUT2D eigenvalue weighted by molar-refractivity contribution is 0.348. The van der Waals surface area contributed by atoms with E-state index in [1.165, 1.54) is 11.1 Å². The van der Waals surface area contributed by atoms with Crippen molar-refractivity contribution >= 4 is 15.9 Å². The summed E-state index contributed by atoms with van der Waals surface area (Å²) in [6.45, 7) is 4.87.